The van der Waals surface area contributed by atoms with Gasteiger partial charge in [-0.25, -0.2) is 0 Å². The van der Waals surface area contributed by atoms with Crippen LogP contribution in [0.1, 0.15) is 29.3 Å². The zero-order valence-electron chi connectivity index (χ0n) is 12.1. The van der Waals surface area contributed by atoms with Crippen LogP contribution >= 0.6 is 15.9 Å². The summed E-state index contributed by atoms with van der Waals surface area (Å²) in [7, 11) is 1.58. The molecule has 2 aromatic carbocycles. The van der Waals surface area contributed by atoms with Crippen molar-refractivity contribution in [1.82, 2.24) is 0 Å². The Kier molecular flexibility index (Phi) is 5.39. The number of carbonyl (C=O) groups excluding carboxylic acids is 1. The molecule has 3 nitrogen and oxygen atoms in total. The van der Waals surface area contributed by atoms with E-state index < -0.39 is 0 Å². The van der Waals surface area contributed by atoms with Gasteiger partial charge in [0.1, 0.15) is 11.5 Å². The van der Waals surface area contributed by atoms with Crippen LogP contribution in [-0.2, 0) is 0 Å². The number of methoxy groups -OCH3 is 1. The molecule has 0 aliphatic carbocycles. The molecule has 110 valence electrons. The van der Waals surface area contributed by atoms with Gasteiger partial charge in [0.05, 0.1) is 18.2 Å². The van der Waals surface area contributed by atoms with Crippen molar-refractivity contribution in [3.63, 3.8) is 0 Å². The first-order valence-electron chi connectivity index (χ1n) is 6.76. The maximum Gasteiger partial charge on any atom is 0.193 e. The predicted octanol–water partition coefficient (Wildman–Crippen LogP) is 4.48. The van der Waals surface area contributed by atoms with Crippen LogP contribution in [-0.4, -0.2) is 19.5 Å². The van der Waals surface area contributed by atoms with Gasteiger partial charge in [-0.3, -0.25) is 4.79 Å². The van der Waals surface area contributed by atoms with E-state index in [4.69, 9.17) is 9.47 Å². The van der Waals surface area contributed by atoms with Gasteiger partial charge in [0, 0.05) is 11.1 Å². The average molecular weight is 349 g/mol. The summed E-state index contributed by atoms with van der Waals surface area (Å²) in [5, 5.41) is 0. The molecule has 0 aromatic heterocycles. The molecule has 0 aliphatic heterocycles. The molecule has 0 N–H and O–H groups in total. The van der Waals surface area contributed by atoms with E-state index in [1.54, 1.807) is 37.4 Å². The largest absolute Gasteiger partial charge is 0.497 e. The van der Waals surface area contributed by atoms with Crippen molar-refractivity contribution in [2.75, 3.05) is 13.7 Å². The van der Waals surface area contributed by atoms with Gasteiger partial charge in [-0.15, -0.1) is 0 Å². The third-order valence-corrected chi connectivity index (χ3v) is 3.61. The van der Waals surface area contributed by atoms with Crippen LogP contribution in [0, 0.1) is 0 Å². The Balaban J connectivity index is 2.24. The Bertz CT molecular complexity index is 638. The van der Waals surface area contributed by atoms with E-state index in [9.17, 15) is 4.79 Å². The number of halogens is 1. The number of carbonyl (C=O) groups is 1. The lowest BCUT2D eigenvalue weighted by molar-refractivity contribution is 0.103. The molecule has 0 heterocycles. The molecule has 0 unspecified atom stereocenters. The van der Waals surface area contributed by atoms with Crippen LogP contribution in [0.4, 0.5) is 0 Å². The van der Waals surface area contributed by atoms with E-state index in [1.165, 1.54) is 0 Å². The molecule has 0 saturated carbocycles. The van der Waals surface area contributed by atoms with Crippen LogP contribution in [0.5, 0.6) is 11.5 Å². The second-order valence-electron chi connectivity index (χ2n) is 4.55. The number of hydrogen-bond acceptors (Lipinski definition) is 3. The zero-order valence-corrected chi connectivity index (χ0v) is 13.6. The van der Waals surface area contributed by atoms with Gasteiger partial charge in [0.25, 0.3) is 0 Å². The summed E-state index contributed by atoms with van der Waals surface area (Å²) in [5.41, 5.74) is 1.21. The maximum absolute atomic E-state index is 12.5. The number of rotatable bonds is 6. The first-order valence-corrected chi connectivity index (χ1v) is 7.56. The fourth-order valence-corrected chi connectivity index (χ4v) is 2.40. The van der Waals surface area contributed by atoms with Crippen molar-refractivity contribution in [2.24, 2.45) is 0 Å². The first-order chi connectivity index (χ1) is 10.2. The monoisotopic (exact) mass is 348 g/mol. The molecular formula is C17H17BrO3. The molecule has 0 radical (unpaired) electrons. The van der Waals surface area contributed by atoms with Crippen molar-refractivity contribution in [1.29, 1.82) is 0 Å². The standard InChI is InChI=1S/C17H17BrO3/c1-3-9-21-16-8-7-13(11-15(16)18)17(19)12-5-4-6-14(10-12)20-2/h4-8,10-11H,3,9H2,1-2H3. The molecule has 0 spiro atoms. The lowest BCUT2D eigenvalue weighted by Gasteiger charge is -2.09. The lowest BCUT2D eigenvalue weighted by atomic mass is 10.0. The van der Waals surface area contributed by atoms with Crippen molar-refractivity contribution in [3.05, 3.63) is 58.1 Å². The Labute approximate surface area is 133 Å². The first kappa shape index (κ1) is 15.6. The van der Waals surface area contributed by atoms with Gasteiger partial charge in [-0.05, 0) is 52.7 Å². The SMILES string of the molecule is CCCOc1ccc(C(=O)c2cccc(OC)c2)cc1Br. The van der Waals surface area contributed by atoms with Crippen LogP contribution in [0.15, 0.2) is 46.9 Å². The van der Waals surface area contributed by atoms with E-state index in [2.05, 4.69) is 22.9 Å². The molecule has 4 heteroatoms. The minimum atomic E-state index is -0.0448. The fraction of sp³-hybridized carbons (Fsp3) is 0.235. The van der Waals surface area contributed by atoms with Crippen molar-refractivity contribution in [2.45, 2.75) is 13.3 Å². The molecule has 21 heavy (non-hydrogen) atoms. The van der Waals surface area contributed by atoms with E-state index in [1.807, 2.05) is 12.1 Å². The number of ketones is 1. The van der Waals surface area contributed by atoms with Gasteiger partial charge in [-0.2, -0.15) is 0 Å². The summed E-state index contributed by atoms with van der Waals surface area (Å²) in [6.45, 7) is 2.70. The highest BCUT2D eigenvalue weighted by Gasteiger charge is 2.12. The third-order valence-electron chi connectivity index (χ3n) is 2.99. The minimum Gasteiger partial charge on any atom is -0.497 e. The van der Waals surface area contributed by atoms with E-state index >= 15 is 0 Å². The highest BCUT2D eigenvalue weighted by atomic mass is 79.9. The lowest BCUT2D eigenvalue weighted by Crippen LogP contribution is -2.03. The molecule has 0 atom stereocenters. The molecule has 0 fully saturated rings. The van der Waals surface area contributed by atoms with Crippen molar-refractivity contribution >= 4 is 21.7 Å². The van der Waals surface area contributed by atoms with Crippen LogP contribution in [0.25, 0.3) is 0 Å². The smallest absolute Gasteiger partial charge is 0.193 e. The summed E-state index contributed by atoms with van der Waals surface area (Å²) in [6, 6.07) is 12.5. The topological polar surface area (TPSA) is 35.5 Å². The van der Waals surface area contributed by atoms with E-state index in [-0.39, 0.29) is 5.78 Å². The molecular weight excluding hydrogens is 332 g/mol. The third kappa shape index (κ3) is 3.85. The Morgan fingerprint density at radius 1 is 1.14 bits per heavy atom. The average Bonchev–Trinajstić information content (AvgIpc) is 2.53. The predicted molar refractivity (Wildman–Crippen MR) is 86.4 cm³/mol. The normalized spacial score (nSPS) is 10.2. The molecule has 0 aliphatic rings. The van der Waals surface area contributed by atoms with Crippen molar-refractivity contribution < 1.29 is 14.3 Å². The Hall–Kier alpha value is -1.81. The van der Waals surface area contributed by atoms with Crippen molar-refractivity contribution in [3.8, 4) is 11.5 Å². The summed E-state index contributed by atoms with van der Waals surface area (Å²) in [5.74, 6) is 1.37. The van der Waals surface area contributed by atoms with Crippen LogP contribution < -0.4 is 9.47 Å². The zero-order chi connectivity index (χ0) is 15.2. The summed E-state index contributed by atoms with van der Waals surface area (Å²) < 4.78 is 11.5. The molecule has 0 amide bonds. The molecule has 2 aromatic rings. The van der Waals surface area contributed by atoms with E-state index in [0.717, 1.165) is 16.6 Å². The second kappa shape index (κ2) is 7.27. The second-order valence-corrected chi connectivity index (χ2v) is 5.41. The van der Waals surface area contributed by atoms with Gasteiger partial charge >= 0.3 is 0 Å². The van der Waals surface area contributed by atoms with Gasteiger partial charge in [0.2, 0.25) is 0 Å². The number of hydrogen-bond donors (Lipinski definition) is 0. The fourth-order valence-electron chi connectivity index (χ4n) is 1.90. The molecule has 2 rings (SSSR count). The highest BCUT2D eigenvalue weighted by Crippen LogP contribution is 2.27. The van der Waals surface area contributed by atoms with Gasteiger partial charge < -0.3 is 9.47 Å². The number of benzene rings is 2. The maximum atomic E-state index is 12.5. The van der Waals surface area contributed by atoms with Crippen LogP contribution in [0.2, 0.25) is 0 Å². The minimum absolute atomic E-state index is 0.0448. The number of ether oxygens (including phenoxy) is 2. The van der Waals surface area contributed by atoms with E-state index in [0.29, 0.717) is 23.5 Å². The van der Waals surface area contributed by atoms with Crippen LogP contribution in [0.3, 0.4) is 0 Å². The molecule has 0 bridgehead atoms. The summed E-state index contributed by atoms with van der Waals surface area (Å²) >= 11 is 3.44. The Morgan fingerprint density at radius 3 is 2.57 bits per heavy atom. The molecule has 0 saturated heterocycles. The highest BCUT2D eigenvalue weighted by molar-refractivity contribution is 9.10. The van der Waals surface area contributed by atoms with Gasteiger partial charge in [0.15, 0.2) is 5.78 Å². The Morgan fingerprint density at radius 2 is 1.90 bits per heavy atom. The summed E-state index contributed by atoms with van der Waals surface area (Å²) in [4.78, 5) is 12.5. The quantitative estimate of drug-likeness (QED) is 0.722. The summed E-state index contributed by atoms with van der Waals surface area (Å²) in [6.07, 6.45) is 0.941. The van der Waals surface area contributed by atoms with Gasteiger partial charge in [-0.1, -0.05) is 19.1 Å².